The Morgan fingerprint density at radius 1 is 1.08 bits per heavy atom. The van der Waals surface area contributed by atoms with Gasteiger partial charge in [0.15, 0.2) is 6.61 Å². The summed E-state index contributed by atoms with van der Waals surface area (Å²) in [5.41, 5.74) is 0.686. The van der Waals surface area contributed by atoms with Crippen LogP contribution in [0.3, 0.4) is 0 Å². The van der Waals surface area contributed by atoms with Crippen LogP contribution >= 0.6 is 22.6 Å². The van der Waals surface area contributed by atoms with E-state index in [1.54, 1.807) is 30.5 Å². The monoisotopic (exact) mass is 463 g/mol. The molecule has 7 heteroatoms. The summed E-state index contributed by atoms with van der Waals surface area (Å²) in [7, 11) is 1.92. The van der Waals surface area contributed by atoms with Crippen LogP contribution < -0.4 is 14.8 Å². The maximum Gasteiger partial charge on any atom is 0.262 e. The van der Waals surface area contributed by atoms with Crippen LogP contribution in [-0.2, 0) is 18.4 Å². The van der Waals surface area contributed by atoms with E-state index >= 15 is 0 Å². The van der Waals surface area contributed by atoms with Gasteiger partial charge in [0.05, 0.1) is 0 Å². The molecule has 2 aromatic carbocycles. The molecular weight excluding hydrogens is 445 g/mol. The molecule has 1 N–H and O–H groups in total. The minimum absolute atomic E-state index is 0.0436. The van der Waals surface area contributed by atoms with Gasteiger partial charge in [-0.25, -0.2) is 4.98 Å². The first-order chi connectivity index (χ1) is 12.6. The van der Waals surface area contributed by atoms with E-state index in [0.29, 0.717) is 23.8 Å². The van der Waals surface area contributed by atoms with Crippen LogP contribution in [0, 0.1) is 3.57 Å². The van der Waals surface area contributed by atoms with Gasteiger partial charge in [0.2, 0.25) is 0 Å². The quantitative estimate of drug-likeness (QED) is 0.544. The topological polar surface area (TPSA) is 65.4 Å². The Morgan fingerprint density at radius 2 is 1.73 bits per heavy atom. The van der Waals surface area contributed by atoms with Gasteiger partial charge in [-0.05, 0) is 71.1 Å². The van der Waals surface area contributed by atoms with Crippen LogP contribution in [0.5, 0.6) is 11.5 Å². The van der Waals surface area contributed by atoms with Crippen LogP contribution in [0.25, 0.3) is 0 Å². The standard InChI is InChI=1S/C19H18IN3O3/c1-23-11-10-21-18(23)12-25-17-8-4-15(5-9-17)22-19(24)13-26-16-6-2-14(20)3-7-16/h2-11H,12-13H2,1H3,(H,22,24). The number of hydrogen-bond acceptors (Lipinski definition) is 4. The lowest BCUT2D eigenvalue weighted by molar-refractivity contribution is -0.118. The van der Waals surface area contributed by atoms with E-state index in [9.17, 15) is 4.79 Å². The molecule has 0 aliphatic heterocycles. The lowest BCUT2D eigenvalue weighted by Gasteiger charge is -2.09. The minimum Gasteiger partial charge on any atom is -0.486 e. The normalized spacial score (nSPS) is 10.4. The molecule has 0 spiro atoms. The number of hydrogen-bond donors (Lipinski definition) is 1. The lowest BCUT2D eigenvalue weighted by atomic mass is 10.3. The third-order valence-corrected chi connectivity index (χ3v) is 4.33. The van der Waals surface area contributed by atoms with Gasteiger partial charge >= 0.3 is 0 Å². The number of aromatic nitrogens is 2. The van der Waals surface area contributed by atoms with E-state index in [2.05, 4.69) is 32.9 Å². The van der Waals surface area contributed by atoms with Crippen molar-refractivity contribution in [3.63, 3.8) is 0 Å². The molecule has 0 aliphatic carbocycles. The Kier molecular flexibility index (Phi) is 6.11. The number of nitrogens with zero attached hydrogens (tertiary/aromatic N) is 2. The third-order valence-electron chi connectivity index (χ3n) is 3.61. The van der Waals surface area contributed by atoms with Crippen molar-refractivity contribution >= 4 is 34.2 Å². The third kappa shape index (κ3) is 5.22. The minimum atomic E-state index is -0.217. The molecule has 3 rings (SSSR count). The molecule has 0 fully saturated rings. The van der Waals surface area contributed by atoms with Crippen LogP contribution in [0.15, 0.2) is 60.9 Å². The molecule has 1 aromatic heterocycles. The summed E-state index contributed by atoms with van der Waals surface area (Å²) in [5.74, 6) is 2.00. The predicted molar refractivity (Wildman–Crippen MR) is 107 cm³/mol. The van der Waals surface area contributed by atoms with Crippen molar-refractivity contribution in [2.45, 2.75) is 6.61 Å². The summed E-state index contributed by atoms with van der Waals surface area (Å²) in [6, 6.07) is 14.7. The summed E-state index contributed by atoms with van der Waals surface area (Å²) < 4.78 is 14.2. The van der Waals surface area contributed by atoms with Gasteiger partial charge in [0, 0.05) is 28.7 Å². The fourth-order valence-electron chi connectivity index (χ4n) is 2.19. The first-order valence-corrected chi connectivity index (χ1v) is 9.05. The molecule has 3 aromatic rings. The number of nitrogens with one attached hydrogen (secondary N) is 1. The molecular formula is C19H18IN3O3. The second-order valence-electron chi connectivity index (χ2n) is 5.56. The van der Waals surface area contributed by atoms with Crippen molar-refractivity contribution in [3.8, 4) is 11.5 Å². The molecule has 0 aliphatic rings. The second kappa shape index (κ2) is 8.70. The Labute approximate surface area is 165 Å². The molecule has 0 radical (unpaired) electrons. The van der Waals surface area contributed by atoms with E-state index in [-0.39, 0.29) is 12.5 Å². The predicted octanol–water partition coefficient (Wildman–Crippen LogP) is 3.62. The zero-order chi connectivity index (χ0) is 18.4. The van der Waals surface area contributed by atoms with Crippen molar-refractivity contribution in [2.75, 3.05) is 11.9 Å². The summed E-state index contributed by atoms with van der Waals surface area (Å²) >= 11 is 2.22. The summed E-state index contributed by atoms with van der Waals surface area (Å²) in [5, 5.41) is 2.79. The number of carbonyl (C=O) groups is 1. The number of halogens is 1. The number of benzene rings is 2. The molecule has 1 heterocycles. The molecule has 0 bridgehead atoms. The van der Waals surface area contributed by atoms with Crippen molar-refractivity contribution < 1.29 is 14.3 Å². The molecule has 0 atom stereocenters. The Bertz CT molecular complexity index is 860. The van der Waals surface area contributed by atoms with Gasteiger partial charge in [-0.15, -0.1) is 0 Å². The maximum atomic E-state index is 12.0. The van der Waals surface area contributed by atoms with Crippen molar-refractivity contribution in [1.29, 1.82) is 0 Å². The molecule has 0 saturated heterocycles. The molecule has 6 nitrogen and oxygen atoms in total. The van der Waals surface area contributed by atoms with Crippen LogP contribution in [0.1, 0.15) is 5.82 Å². The SMILES string of the molecule is Cn1ccnc1COc1ccc(NC(=O)COc2ccc(I)cc2)cc1. The fourth-order valence-corrected chi connectivity index (χ4v) is 2.55. The average molecular weight is 463 g/mol. The highest BCUT2D eigenvalue weighted by Gasteiger charge is 2.05. The number of ether oxygens (including phenoxy) is 2. The smallest absolute Gasteiger partial charge is 0.262 e. The highest BCUT2D eigenvalue weighted by atomic mass is 127. The first kappa shape index (κ1) is 18.2. The molecule has 0 saturated carbocycles. The van der Waals surface area contributed by atoms with Crippen molar-refractivity contribution in [3.05, 3.63) is 70.3 Å². The zero-order valence-electron chi connectivity index (χ0n) is 14.2. The van der Waals surface area contributed by atoms with Gasteiger partial charge in [0.1, 0.15) is 23.9 Å². The van der Waals surface area contributed by atoms with Crippen molar-refractivity contribution in [2.24, 2.45) is 7.05 Å². The number of rotatable bonds is 7. The summed E-state index contributed by atoms with van der Waals surface area (Å²) in [6.07, 6.45) is 3.60. The van der Waals surface area contributed by atoms with E-state index in [4.69, 9.17) is 9.47 Å². The Morgan fingerprint density at radius 3 is 2.38 bits per heavy atom. The van der Waals surface area contributed by atoms with E-state index in [0.717, 1.165) is 9.39 Å². The fraction of sp³-hybridized carbons (Fsp3) is 0.158. The maximum absolute atomic E-state index is 12.0. The second-order valence-corrected chi connectivity index (χ2v) is 6.80. The highest BCUT2D eigenvalue weighted by molar-refractivity contribution is 14.1. The number of amides is 1. The average Bonchev–Trinajstić information content (AvgIpc) is 3.06. The van der Waals surface area contributed by atoms with E-state index in [1.807, 2.05) is 42.1 Å². The highest BCUT2D eigenvalue weighted by Crippen LogP contribution is 2.17. The largest absolute Gasteiger partial charge is 0.486 e. The number of imidazole rings is 1. The van der Waals surface area contributed by atoms with E-state index < -0.39 is 0 Å². The number of aryl methyl sites for hydroxylation is 1. The summed E-state index contributed by atoms with van der Waals surface area (Å²) in [6.45, 7) is 0.344. The van der Waals surface area contributed by atoms with Crippen molar-refractivity contribution in [1.82, 2.24) is 9.55 Å². The lowest BCUT2D eigenvalue weighted by Crippen LogP contribution is -2.20. The number of carbonyl (C=O) groups excluding carboxylic acids is 1. The Balaban J connectivity index is 1.46. The molecule has 1 amide bonds. The van der Waals surface area contributed by atoms with Gasteiger partial charge in [-0.1, -0.05) is 0 Å². The molecule has 134 valence electrons. The Hall–Kier alpha value is -2.55. The summed E-state index contributed by atoms with van der Waals surface area (Å²) in [4.78, 5) is 16.2. The molecule has 0 unspecified atom stereocenters. The zero-order valence-corrected chi connectivity index (χ0v) is 16.3. The van der Waals surface area contributed by atoms with Crippen LogP contribution in [-0.4, -0.2) is 22.1 Å². The van der Waals surface area contributed by atoms with Gasteiger partial charge in [-0.3, -0.25) is 4.79 Å². The van der Waals surface area contributed by atoms with Gasteiger partial charge < -0.3 is 19.4 Å². The van der Waals surface area contributed by atoms with Crippen LogP contribution in [0.4, 0.5) is 5.69 Å². The van der Waals surface area contributed by atoms with Crippen LogP contribution in [0.2, 0.25) is 0 Å². The van der Waals surface area contributed by atoms with E-state index in [1.165, 1.54) is 0 Å². The van der Waals surface area contributed by atoms with Gasteiger partial charge in [-0.2, -0.15) is 0 Å². The number of anilines is 1. The molecule has 26 heavy (non-hydrogen) atoms. The van der Waals surface area contributed by atoms with Gasteiger partial charge in [0.25, 0.3) is 5.91 Å². The first-order valence-electron chi connectivity index (χ1n) is 7.97.